The van der Waals surface area contributed by atoms with Crippen LogP contribution in [0.15, 0.2) is 54.4 Å². The number of nitrogens with zero attached hydrogens (tertiary/aromatic N) is 4. The molecule has 3 atom stereocenters. The second-order valence-corrected chi connectivity index (χ2v) is 10.3. The van der Waals surface area contributed by atoms with Crippen molar-refractivity contribution in [3.05, 3.63) is 82.6 Å². The SMILES string of the molecule is C=C.C=CS(=O)Nc1ccc(C2=NC(C(CC)C(=O)OC)c3nnc(C)n3-c3sc(C)c(C)c32)cc1. The molecule has 1 N–H and O–H groups in total. The summed E-state index contributed by atoms with van der Waals surface area (Å²) in [5.74, 6) is 0.540. The van der Waals surface area contributed by atoms with Crippen molar-refractivity contribution in [3.8, 4) is 5.00 Å². The monoisotopic (exact) mass is 525 g/mol. The number of fused-ring (bicyclic) bond motifs is 3. The van der Waals surface area contributed by atoms with Gasteiger partial charge in [0.25, 0.3) is 0 Å². The number of rotatable bonds is 7. The van der Waals surface area contributed by atoms with Gasteiger partial charge in [-0.15, -0.1) is 34.7 Å². The highest BCUT2D eigenvalue weighted by atomic mass is 32.2. The van der Waals surface area contributed by atoms with E-state index in [9.17, 15) is 9.00 Å². The summed E-state index contributed by atoms with van der Waals surface area (Å²) in [6.07, 6.45) is 0.544. The fourth-order valence-electron chi connectivity index (χ4n) is 4.14. The molecule has 0 aliphatic carbocycles. The molecule has 1 aromatic carbocycles. The smallest absolute Gasteiger partial charge is 0.311 e. The van der Waals surface area contributed by atoms with Gasteiger partial charge in [-0.2, -0.15) is 0 Å². The Balaban J connectivity index is 0.00000176. The van der Waals surface area contributed by atoms with Crippen molar-refractivity contribution in [2.45, 2.75) is 40.2 Å². The number of esters is 1. The molecule has 0 fully saturated rings. The summed E-state index contributed by atoms with van der Waals surface area (Å²) in [6, 6.07) is 7.03. The minimum absolute atomic E-state index is 0.326. The van der Waals surface area contributed by atoms with Crippen LogP contribution >= 0.6 is 11.3 Å². The summed E-state index contributed by atoms with van der Waals surface area (Å²) < 4.78 is 21.8. The fourth-order valence-corrected chi connectivity index (χ4v) is 5.81. The van der Waals surface area contributed by atoms with Crippen molar-refractivity contribution in [2.75, 3.05) is 11.8 Å². The van der Waals surface area contributed by atoms with E-state index < -0.39 is 22.9 Å². The number of carbonyl (C=O) groups is 1. The quantitative estimate of drug-likeness (QED) is 0.330. The zero-order valence-corrected chi connectivity index (χ0v) is 22.8. The molecule has 3 unspecified atom stereocenters. The van der Waals surface area contributed by atoms with Crippen LogP contribution in [0.25, 0.3) is 5.00 Å². The molecule has 1 aliphatic heterocycles. The number of benzene rings is 1. The second kappa shape index (κ2) is 11.6. The Morgan fingerprint density at radius 1 is 1.25 bits per heavy atom. The molecule has 190 valence electrons. The number of methoxy groups -OCH3 is 1. The van der Waals surface area contributed by atoms with Crippen molar-refractivity contribution < 1.29 is 13.7 Å². The van der Waals surface area contributed by atoms with E-state index in [0.29, 0.717) is 17.9 Å². The lowest BCUT2D eigenvalue weighted by atomic mass is 9.95. The number of aryl methyl sites for hydroxylation is 2. The van der Waals surface area contributed by atoms with Gasteiger partial charge < -0.3 is 9.46 Å². The van der Waals surface area contributed by atoms with E-state index in [1.165, 1.54) is 17.4 Å². The first-order valence-electron chi connectivity index (χ1n) is 11.4. The molecule has 3 aromatic rings. The molecule has 0 amide bonds. The van der Waals surface area contributed by atoms with Gasteiger partial charge in [-0.05, 0) is 44.9 Å². The van der Waals surface area contributed by atoms with Gasteiger partial charge in [0, 0.05) is 27.1 Å². The maximum Gasteiger partial charge on any atom is 0.311 e. The molecule has 0 bridgehead atoms. The molecular formula is C26H31N5O3S2. The van der Waals surface area contributed by atoms with E-state index in [1.54, 1.807) is 11.3 Å². The largest absolute Gasteiger partial charge is 0.469 e. The van der Waals surface area contributed by atoms with Gasteiger partial charge in [-0.1, -0.05) is 25.6 Å². The maximum atomic E-state index is 12.7. The standard InChI is InChI=1S/C24H27N5O3S2.C2H4/c1-7-18(24(30)32-6)21-22-27-26-15(5)29(22)23-19(13(3)14(4)33-23)20(25-21)16-9-11-17(12-10-16)28-34(31)8-2;1-2/h8-12,18,21,28H,2,7H2,1,3-6H3;1-2H2. The van der Waals surface area contributed by atoms with Crippen LogP contribution in [0.5, 0.6) is 0 Å². The van der Waals surface area contributed by atoms with Crippen molar-refractivity contribution in [3.63, 3.8) is 0 Å². The van der Waals surface area contributed by atoms with Crippen LogP contribution in [-0.2, 0) is 20.5 Å². The third kappa shape index (κ3) is 4.96. The van der Waals surface area contributed by atoms with Crippen LogP contribution < -0.4 is 4.72 Å². The molecule has 0 saturated heterocycles. The van der Waals surface area contributed by atoms with Crippen molar-refractivity contribution >= 4 is 39.7 Å². The van der Waals surface area contributed by atoms with Crippen LogP contribution in [-0.4, -0.2) is 37.8 Å². The van der Waals surface area contributed by atoms with Gasteiger partial charge in [-0.3, -0.25) is 14.4 Å². The molecule has 2 aromatic heterocycles. The topological polar surface area (TPSA) is 98.5 Å². The van der Waals surface area contributed by atoms with E-state index in [0.717, 1.165) is 33.2 Å². The Hall–Kier alpha value is -3.37. The van der Waals surface area contributed by atoms with E-state index in [-0.39, 0.29) is 5.97 Å². The average Bonchev–Trinajstić information content (AvgIpc) is 3.37. The predicted octanol–water partition coefficient (Wildman–Crippen LogP) is 5.37. The Bertz CT molecular complexity index is 1320. The predicted molar refractivity (Wildman–Crippen MR) is 147 cm³/mol. The number of hydrogen-bond acceptors (Lipinski definition) is 7. The number of aliphatic imine (C=N–C) groups is 1. The summed E-state index contributed by atoms with van der Waals surface area (Å²) in [5.41, 5.74) is 4.51. The van der Waals surface area contributed by atoms with Gasteiger partial charge in [0.05, 0.1) is 18.7 Å². The highest BCUT2D eigenvalue weighted by molar-refractivity contribution is 7.89. The van der Waals surface area contributed by atoms with Gasteiger partial charge in [0.15, 0.2) is 5.82 Å². The van der Waals surface area contributed by atoms with Crippen molar-refractivity contribution in [2.24, 2.45) is 10.9 Å². The van der Waals surface area contributed by atoms with E-state index in [1.807, 2.05) is 42.7 Å². The third-order valence-electron chi connectivity index (χ3n) is 6.04. The summed E-state index contributed by atoms with van der Waals surface area (Å²) in [6.45, 7) is 17.6. The zero-order chi connectivity index (χ0) is 26.6. The molecular weight excluding hydrogens is 494 g/mol. The Kier molecular flexibility index (Phi) is 8.75. The molecule has 1 aliphatic rings. The average molecular weight is 526 g/mol. The first-order valence-corrected chi connectivity index (χ1v) is 13.4. The van der Waals surface area contributed by atoms with Crippen LogP contribution in [0.4, 0.5) is 5.69 Å². The molecule has 4 rings (SSSR count). The number of carbonyl (C=O) groups excluding carboxylic acids is 1. The van der Waals surface area contributed by atoms with Crippen molar-refractivity contribution in [1.29, 1.82) is 0 Å². The summed E-state index contributed by atoms with van der Waals surface area (Å²) >= 11 is 1.66. The van der Waals surface area contributed by atoms with Gasteiger partial charge in [0.1, 0.15) is 27.9 Å². The maximum absolute atomic E-state index is 12.7. The molecule has 0 spiro atoms. The van der Waals surface area contributed by atoms with Crippen LogP contribution in [0.3, 0.4) is 0 Å². The number of hydrogen-bond donors (Lipinski definition) is 1. The lowest BCUT2D eigenvalue weighted by molar-refractivity contribution is -0.146. The lowest BCUT2D eigenvalue weighted by Gasteiger charge is -2.20. The summed E-state index contributed by atoms with van der Waals surface area (Å²) in [4.78, 5) is 19.1. The van der Waals surface area contributed by atoms with Crippen molar-refractivity contribution in [1.82, 2.24) is 14.8 Å². The number of aromatic nitrogens is 3. The van der Waals surface area contributed by atoms with Crippen LogP contribution in [0, 0.1) is 26.7 Å². The van der Waals surface area contributed by atoms with Gasteiger partial charge in [-0.25, -0.2) is 4.21 Å². The van der Waals surface area contributed by atoms with E-state index in [4.69, 9.17) is 9.73 Å². The Morgan fingerprint density at radius 2 is 1.92 bits per heavy atom. The number of thiophene rings is 1. The molecule has 8 nitrogen and oxygen atoms in total. The zero-order valence-electron chi connectivity index (χ0n) is 21.2. The molecule has 36 heavy (non-hydrogen) atoms. The highest BCUT2D eigenvalue weighted by Gasteiger charge is 2.38. The molecule has 3 heterocycles. The third-order valence-corrected chi connectivity index (χ3v) is 7.97. The summed E-state index contributed by atoms with van der Waals surface area (Å²) in [5, 5.41) is 11.1. The van der Waals surface area contributed by atoms with E-state index in [2.05, 4.69) is 48.5 Å². The molecule has 0 radical (unpaired) electrons. The second-order valence-electron chi connectivity index (χ2n) is 8.01. The van der Waals surface area contributed by atoms with Gasteiger partial charge in [0.2, 0.25) is 0 Å². The first kappa shape index (κ1) is 27.2. The Labute approximate surface area is 218 Å². The lowest BCUT2D eigenvalue weighted by Crippen LogP contribution is -2.24. The number of anilines is 1. The normalized spacial score (nSPS) is 15.7. The van der Waals surface area contributed by atoms with E-state index >= 15 is 0 Å². The molecule has 10 heteroatoms. The fraction of sp³-hybridized carbons (Fsp3) is 0.308. The summed E-state index contributed by atoms with van der Waals surface area (Å²) in [7, 11) is 0.0373. The number of ether oxygens (including phenoxy) is 1. The molecule has 0 saturated carbocycles. The highest BCUT2D eigenvalue weighted by Crippen LogP contribution is 2.41. The Morgan fingerprint density at radius 3 is 2.50 bits per heavy atom. The first-order chi connectivity index (χ1) is 17.3. The number of nitrogens with one attached hydrogen (secondary N) is 1. The van der Waals surface area contributed by atoms with Gasteiger partial charge >= 0.3 is 5.97 Å². The minimum atomic E-state index is -1.36. The van der Waals surface area contributed by atoms with Crippen LogP contribution in [0.2, 0.25) is 0 Å². The minimum Gasteiger partial charge on any atom is -0.469 e. The van der Waals surface area contributed by atoms with Crippen LogP contribution in [0.1, 0.15) is 52.6 Å².